The number of nitrogens with zero attached hydrogens (tertiary/aromatic N) is 2. The lowest BCUT2D eigenvalue weighted by Crippen LogP contribution is -2.36. The number of aromatic nitrogens is 1. The lowest BCUT2D eigenvalue weighted by molar-refractivity contribution is 0.0919. The predicted molar refractivity (Wildman–Crippen MR) is 100 cm³/mol. The summed E-state index contributed by atoms with van der Waals surface area (Å²) < 4.78 is 5.47. The Hall–Kier alpha value is -3.14. The molecular formula is C22H20N2O2. The molecule has 0 radical (unpaired) electrons. The van der Waals surface area contributed by atoms with E-state index in [0.717, 1.165) is 23.1 Å². The molecule has 1 amide bonds. The van der Waals surface area contributed by atoms with E-state index in [1.54, 1.807) is 11.1 Å². The van der Waals surface area contributed by atoms with E-state index in [0.29, 0.717) is 19.7 Å². The number of ether oxygens (including phenoxy) is 1. The first kappa shape index (κ1) is 16.3. The number of hydrogen-bond donors (Lipinski definition) is 0. The van der Waals surface area contributed by atoms with Crippen LogP contribution in [0.1, 0.15) is 16.7 Å². The van der Waals surface area contributed by atoms with Crippen molar-refractivity contribution in [3.63, 3.8) is 0 Å². The summed E-state index contributed by atoms with van der Waals surface area (Å²) in [6, 6.07) is 20.2. The Morgan fingerprint density at radius 2 is 1.88 bits per heavy atom. The number of pyridine rings is 1. The minimum atomic E-state index is -0.258. The molecule has 0 aliphatic carbocycles. The maximum atomic E-state index is 12.4. The fourth-order valence-corrected chi connectivity index (χ4v) is 3.24. The van der Waals surface area contributed by atoms with Crippen LogP contribution in [0.4, 0.5) is 4.79 Å². The zero-order valence-corrected chi connectivity index (χ0v) is 14.5. The van der Waals surface area contributed by atoms with Crippen molar-refractivity contribution >= 4 is 6.09 Å². The number of carbonyl (C=O) groups is 1. The molecule has 0 spiro atoms. The molecule has 0 saturated carbocycles. The summed E-state index contributed by atoms with van der Waals surface area (Å²) >= 11 is 0. The summed E-state index contributed by atoms with van der Waals surface area (Å²) in [5.74, 6) is 0. The van der Waals surface area contributed by atoms with Gasteiger partial charge in [0, 0.05) is 25.5 Å². The highest BCUT2D eigenvalue weighted by Gasteiger charge is 2.22. The molecule has 0 bridgehead atoms. The van der Waals surface area contributed by atoms with E-state index in [1.165, 1.54) is 11.1 Å². The number of carbonyl (C=O) groups excluding carboxylic acids is 1. The van der Waals surface area contributed by atoms with Crippen LogP contribution in [-0.2, 0) is 24.3 Å². The van der Waals surface area contributed by atoms with E-state index in [2.05, 4.69) is 23.2 Å². The first-order valence-electron chi connectivity index (χ1n) is 8.77. The molecule has 0 unspecified atom stereocenters. The van der Waals surface area contributed by atoms with Gasteiger partial charge in [-0.05, 0) is 46.4 Å². The van der Waals surface area contributed by atoms with Gasteiger partial charge in [0.15, 0.2) is 0 Å². The Morgan fingerprint density at radius 1 is 1.00 bits per heavy atom. The van der Waals surface area contributed by atoms with Gasteiger partial charge in [-0.2, -0.15) is 0 Å². The second kappa shape index (κ2) is 7.40. The van der Waals surface area contributed by atoms with E-state index in [1.807, 2.05) is 48.7 Å². The number of rotatable bonds is 3. The highest BCUT2D eigenvalue weighted by atomic mass is 16.6. The third kappa shape index (κ3) is 3.59. The number of fused-ring (bicyclic) bond motifs is 1. The van der Waals surface area contributed by atoms with Crippen LogP contribution in [0, 0.1) is 0 Å². The van der Waals surface area contributed by atoms with Gasteiger partial charge in [-0.3, -0.25) is 4.98 Å². The topological polar surface area (TPSA) is 42.4 Å². The second-order valence-electron chi connectivity index (χ2n) is 6.44. The van der Waals surface area contributed by atoms with E-state index in [4.69, 9.17) is 4.74 Å². The molecular weight excluding hydrogens is 324 g/mol. The first-order chi connectivity index (χ1) is 12.8. The van der Waals surface area contributed by atoms with Gasteiger partial charge in [0.25, 0.3) is 0 Å². The molecule has 4 heteroatoms. The van der Waals surface area contributed by atoms with Crippen molar-refractivity contribution in [3.05, 3.63) is 89.7 Å². The van der Waals surface area contributed by atoms with Crippen molar-refractivity contribution < 1.29 is 9.53 Å². The zero-order valence-electron chi connectivity index (χ0n) is 14.5. The average molecular weight is 344 g/mol. The molecule has 2 heterocycles. The highest BCUT2D eigenvalue weighted by molar-refractivity contribution is 5.69. The molecule has 4 nitrogen and oxygen atoms in total. The predicted octanol–water partition coefficient (Wildman–Crippen LogP) is 4.44. The smallest absolute Gasteiger partial charge is 0.410 e. The van der Waals surface area contributed by atoms with Crippen LogP contribution in [0.3, 0.4) is 0 Å². The lowest BCUT2D eigenvalue weighted by atomic mass is 9.95. The third-order valence-corrected chi connectivity index (χ3v) is 4.68. The first-order valence-corrected chi connectivity index (χ1v) is 8.77. The Morgan fingerprint density at radius 3 is 2.69 bits per heavy atom. The molecule has 26 heavy (non-hydrogen) atoms. The molecule has 4 rings (SSSR count). The van der Waals surface area contributed by atoms with Crippen molar-refractivity contribution in [3.8, 4) is 11.1 Å². The Bertz CT molecular complexity index is 895. The summed E-state index contributed by atoms with van der Waals surface area (Å²) in [6.07, 6.45) is 4.22. The number of amides is 1. The fraction of sp³-hybridized carbons (Fsp3) is 0.182. The largest absolute Gasteiger partial charge is 0.445 e. The summed E-state index contributed by atoms with van der Waals surface area (Å²) in [6.45, 7) is 1.57. The molecule has 0 atom stereocenters. The van der Waals surface area contributed by atoms with Crippen molar-refractivity contribution in [2.75, 3.05) is 6.54 Å². The van der Waals surface area contributed by atoms with E-state index in [9.17, 15) is 4.79 Å². The molecule has 1 aliphatic heterocycles. The van der Waals surface area contributed by atoms with E-state index in [-0.39, 0.29) is 6.09 Å². The van der Waals surface area contributed by atoms with Crippen LogP contribution in [-0.4, -0.2) is 22.5 Å². The van der Waals surface area contributed by atoms with Crippen molar-refractivity contribution in [1.82, 2.24) is 9.88 Å². The molecule has 130 valence electrons. The maximum Gasteiger partial charge on any atom is 0.410 e. The SMILES string of the molecule is O=C(OCc1ccccc1)N1CCc2ccc(-c3cccnc3)cc2C1. The molecule has 3 aromatic rings. The summed E-state index contributed by atoms with van der Waals surface area (Å²) in [5.41, 5.74) is 5.67. The van der Waals surface area contributed by atoms with Gasteiger partial charge in [0.1, 0.15) is 6.61 Å². The second-order valence-corrected chi connectivity index (χ2v) is 6.44. The molecule has 0 saturated heterocycles. The van der Waals surface area contributed by atoms with Gasteiger partial charge in [0.05, 0.1) is 0 Å². The van der Waals surface area contributed by atoms with Crippen molar-refractivity contribution in [2.24, 2.45) is 0 Å². The summed E-state index contributed by atoms with van der Waals surface area (Å²) in [4.78, 5) is 18.4. The van der Waals surface area contributed by atoms with Crippen molar-refractivity contribution in [2.45, 2.75) is 19.6 Å². The number of benzene rings is 2. The maximum absolute atomic E-state index is 12.4. The quantitative estimate of drug-likeness (QED) is 0.705. The minimum absolute atomic E-state index is 0.258. The van der Waals surface area contributed by atoms with Crippen LogP contribution in [0.25, 0.3) is 11.1 Å². The van der Waals surface area contributed by atoms with Crippen LogP contribution in [0.5, 0.6) is 0 Å². The van der Waals surface area contributed by atoms with Gasteiger partial charge >= 0.3 is 6.09 Å². The van der Waals surface area contributed by atoms with Crippen molar-refractivity contribution in [1.29, 1.82) is 0 Å². The van der Waals surface area contributed by atoms with E-state index >= 15 is 0 Å². The lowest BCUT2D eigenvalue weighted by Gasteiger charge is -2.28. The fourth-order valence-electron chi connectivity index (χ4n) is 3.24. The molecule has 2 aromatic carbocycles. The molecule has 0 fully saturated rings. The minimum Gasteiger partial charge on any atom is -0.445 e. The highest BCUT2D eigenvalue weighted by Crippen LogP contribution is 2.26. The van der Waals surface area contributed by atoms with Crippen LogP contribution >= 0.6 is 0 Å². The standard InChI is InChI=1S/C22H20N2O2/c25-22(26-16-17-5-2-1-3-6-17)24-12-10-18-8-9-19(13-21(18)15-24)20-7-4-11-23-14-20/h1-9,11,13-14H,10,12,15-16H2. The Kier molecular flexibility index (Phi) is 4.65. The monoisotopic (exact) mass is 344 g/mol. The zero-order chi connectivity index (χ0) is 17.8. The Labute approximate surface area is 153 Å². The van der Waals surface area contributed by atoms with E-state index < -0.39 is 0 Å². The van der Waals surface area contributed by atoms with Crippen LogP contribution in [0.15, 0.2) is 73.1 Å². The molecule has 1 aliphatic rings. The normalized spacial score (nSPS) is 13.2. The summed E-state index contributed by atoms with van der Waals surface area (Å²) in [5, 5.41) is 0. The average Bonchev–Trinajstić information content (AvgIpc) is 2.72. The van der Waals surface area contributed by atoms with Crippen LogP contribution in [0.2, 0.25) is 0 Å². The van der Waals surface area contributed by atoms with Gasteiger partial charge in [-0.15, -0.1) is 0 Å². The van der Waals surface area contributed by atoms with Crippen LogP contribution < -0.4 is 0 Å². The summed E-state index contributed by atoms with van der Waals surface area (Å²) in [7, 11) is 0. The Balaban J connectivity index is 1.45. The third-order valence-electron chi connectivity index (χ3n) is 4.68. The van der Waals surface area contributed by atoms with Gasteiger partial charge in [-0.25, -0.2) is 4.79 Å². The van der Waals surface area contributed by atoms with Gasteiger partial charge in [0.2, 0.25) is 0 Å². The van der Waals surface area contributed by atoms with Gasteiger partial charge < -0.3 is 9.64 Å². The molecule has 0 N–H and O–H groups in total. The molecule has 1 aromatic heterocycles. The van der Waals surface area contributed by atoms with Gasteiger partial charge in [-0.1, -0.05) is 48.5 Å². The number of hydrogen-bond acceptors (Lipinski definition) is 3.